The predicted molar refractivity (Wildman–Crippen MR) is 66.4 cm³/mol. The molecule has 0 heterocycles. The van der Waals surface area contributed by atoms with Crippen molar-refractivity contribution < 1.29 is 131 Å². The van der Waals surface area contributed by atoms with Crippen LogP contribution in [0.4, 0.5) is 0 Å². The molecule has 0 saturated carbocycles. The van der Waals surface area contributed by atoms with Crippen molar-refractivity contribution >= 4 is 105 Å². The average molecular weight is 1200 g/mol. The largest absolute Gasteiger partial charge is 0.412 e. The Balaban J connectivity index is 0. The van der Waals surface area contributed by atoms with Gasteiger partial charge in [0.2, 0.25) is 0 Å². The van der Waals surface area contributed by atoms with E-state index in [0.717, 1.165) is 0 Å². The molecule has 0 saturated heterocycles. The van der Waals surface area contributed by atoms with Gasteiger partial charge in [0.25, 0.3) is 0 Å². The van der Waals surface area contributed by atoms with Gasteiger partial charge in [0.15, 0.2) is 0 Å². The Hall–Kier alpha value is 5.20. The van der Waals surface area contributed by atoms with E-state index in [1.807, 2.05) is 0 Å². The van der Waals surface area contributed by atoms with E-state index in [1.54, 1.807) is 0 Å². The molecule has 0 aromatic rings. The van der Waals surface area contributed by atoms with Crippen LogP contribution in [0.3, 0.4) is 0 Å². The summed E-state index contributed by atoms with van der Waals surface area (Å²) in [6.45, 7) is 0. The molecule has 0 fully saturated rings. The second-order valence-corrected chi connectivity index (χ2v) is 0. The summed E-state index contributed by atoms with van der Waals surface area (Å²) < 4.78 is 0. The molecule has 19 heteroatoms. The third-order valence-electron chi connectivity index (χ3n) is 0. The third-order valence-corrected chi connectivity index (χ3v) is 0. The molecular weight excluding hydrogens is 1170 g/mol. The zero-order valence-corrected chi connectivity index (χ0v) is 27.9. The molecule has 0 unspecified atom stereocenters. The van der Waals surface area contributed by atoms with Crippen LogP contribution in [0.15, 0.2) is 0 Å². The van der Waals surface area contributed by atoms with Crippen molar-refractivity contribution in [3.05, 3.63) is 0 Å². The van der Waals surface area contributed by atoms with Crippen LogP contribution in [0.2, 0.25) is 0 Å². The average Bonchev–Trinajstić information content (AvgIpc) is 0. The van der Waals surface area contributed by atoms with Crippen molar-refractivity contribution in [2.45, 2.75) is 0 Å². The molecule has 12 nitrogen and oxygen atoms in total. The fourth-order valence-electron chi connectivity index (χ4n) is 0. The minimum atomic E-state index is 0. The molecular formula is H24Bi4O12Ti3. The maximum atomic E-state index is 0. The van der Waals surface area contributed by atoms with Crippen molar-refractivity contribution in [2.75, 3.05) is 0 Å². The first-order valence-electron chi connectivity index (χ1n) is 0. The fourth-order valence-corrected chi connectivity index (χ4v) is 0. The van der Waals surface area contributed by atoms with E-state index in [1.165, 1.54) is 0 Å². The molecule has 0 spiro atoms. The Bertz CT molecular complexity index is 24.9. The maximum Gasteiger partial charge on any atom is 0 e. The normalized spacial score (nSPS) is 0. The Morgan fingerprint density at radius 3 is 0.158 bits per heavy atom. The van der Waals surface area contributed by atoms with E-state index >= 15 is 0 Å². The van der Waals surface area contributed by atoms with Crippen molar-refractivity contribution in [2.24, 2.45) is 0 Å². The van der Waals surface area contributed by atoms with Gasteiger partial charge < -0.3 is 65.7 Å². The quantitative estimate of drug-likeness (QED) is 0.204. The van der Waals surface area contributed by atoms with E-state index in [-0.39, 0.29) is 236 Å². The summed E-state index contributed by atoms with van der Waals surface area (Å²) in [5.41, 5.74) is 0. The van der Waals surface area contributed by atoms with Crippen LogP contribution in [0.5, 0.6) is 0 Å². The zero-order valence-electron chi connectivity index (χ0n) is 9.29. The second-order valence-electron chi connectivity index (χ2n) is 0. The van der Waals surface area contributed by atoms with Crippen LogP contribution in [0, 0.1) is 0 Å². The van der Waals surface area contributed by atoms with Crippen LogP contribution in [0.25, 0.3) is 0 Å². The summed E-state index contributed by atoms with van der Waals surface area (Å²) in [6, 6.07) is 0. The van der Waals surface area contributed by atoms with Crippen LogP contribution in [-0.2, 0) is 65.2 Å². The van der Waals surface area contributed by atoms with Gasteiger partial charge in [-0.05, 0) is 0 Å². The summed E-state index contributed by atoms with van der Waals surface area (Å²) in [4.78, 5) is 0. The smallest absolute Gasteiger partial charge is 0 e. The fraction of sp³-hybridized carbons (Fsp3) is 0. The minimum absolute atomic E-state index is 0. The summed E-state index contributed by atoms with van der Waals surface area (Å²) >= 11 is 0. The molecule has 0 aliphatic rings. The summed E-state index contributed by atoms with van der Waals surface area (Å²) in [6.07, 6.45) is 0. The van der Waals surface area contributed by atoms with Gasteiger partial charge in [-0.15, -0.1) is 0 Å². The van der Waals surface area contributed by atoms with Gasteiger partial charge in [-0.25, -0.2) is 0 Å². The van der Waals surface area contributed by atoms with E-state index in [2.05, 4.69) is 0 Å². The zero-order chi connectivity index (χ0) is 0. The molecule has 12 radical (unpaired) electrons. The molecule has 24 N–H and O–H groups in total. The molecule has 128 valence electrons. The van der Waals surface area contributed by atoms with Crippen LogP contribution in [0.1, 0.15) is 0 Å². The van der Waals surface area contributed by atoms with Gasteiger partial charge in [0.1, 0.15) is 0 Å². The maximum absolute atomic E-state index is 0. The molecule has 19 heavy (non-hydrogen) atoms. The predicted octanol–water partition coefficient (Wildman–Crippen LogP) is -11.4. The van der Waals surface area contributed by atoms with Gasteiger partial charge in [0, 0.05) is 170 Å². The van der Waals surface area contributed by atoms with E-state index in [4.69, 9.17) is 0 Å². The van der Waals surface area contributed by atoms with E-state index in [0.29, 0.717) is 0 Å². The summed E-state index contributed by atoms with van der Waals surface area (Å²) in [5, 5.41) is 0. The number of hydrogen-bond acceptors (Lipinski definition) is 0. The van der Waals surface area contributed by atoms with Gasteiger partial charge in [-0.3, -0.25) is 0 Å². The number of hydrogen-bond donors (Lipinski definition) is 0. The van der Waals surface area contributed by atoms with Crippen molar-refractivity contribution in [1.82, 2.24) is 0 Å². The van der Waals surface area contributed by atoms with Crippen LogP contribution >= 0.6 is 0 Å². The van der Waals surface area contributed by atoms with Crippen LogP contribution < -0.4 is 0 Å². The molecule has 0 rings (SSSR count). The SMILES string of the molecule is O.O.O.O.O.O.O.O.O.O.O.O.[Bi].[Bi].[Bi].[Bi].[Ti].[Ti].[Ti]. The molecule has 0 aliphatic heterocycles. The molecule has 0 aromatic heterocycles. The van der Waals surface area contributed by atoms with Gasteiger partial charge in [-0.2, -0.15) is 0 Å². The standard InChI is InChI=1S/4Bi.12H2O.3Ti/h;;;;12*1H2;;;. The van der Waals surface area contributed by atoms with Gasteiger partial charge in [-0.1, -0.05) is 0 Å². The molecule has 0 atom stereocenters. The van der Waals surface area contributed by atoms with Gasteiger partial charge in [0.05, 0.1) is 0 Å². The first kappa shape index (κ1) is 482. The monoisotopic (exact) mass is 1200 g/mol. The summed E-state index contributed by atoms with van der Waals surface area (Å²) in [7, 11) is 0. The van der Waals surface area contributed by atoms with Gasteiger partial charge >= 0.3 is 0 Å². The molecule has 0 aromatic carbocycles. The second kappa shape index (κ2) is 423. The van der Waals surface area contributed by atoms with E-state index in [9.17, 15) is 0 Å². The molecule has 0 bridgehead atoms. The van der Waals surface area contributed by atoms with Crippen molar-refractivity contribution in [3.63, 3.8) is 0 Å². The first-order valence-corrected chi connectivity index (χ1v) is 0. The third kappa shape index (κ3) is 386. The Morgan fingerprint density at radius 1 is 0.158 bits per heavy atom. The van der Waals surface area contributed by atoms with Crippen LogP contribution in [-0.4, -0.2) is 171 Å². The Morgan fingerprint density at radius 2 is 0.158 bits per heavy atom. The van der Waals surface area contributed by atoms with E-state index < -0.39 is 0 Å². The summed E-state index contributed by atoms with van der Waals surface area (Å²) in [5.74, 6) is 0. The minimum Gasteiger partial charge on any atom is -0.412 e. The number of rotatable bonds is 0. The van der Waals surface area contributed by atoms with Crippen molar-refractivity contribution in [1.29, 1.82) is 0 Å². The molecule has 0 amide bonds. The van der Waals surface area contributed by atoms with Crippen molar-refractivity contribution in [3.8, 4) is 0 Å². The first-order chi connectivity index (χ1) is 0. The Labute approximate surface area is 231 Å². The Kier molecular flexibility index (Phi) is 10700. The molecule has 0 aliphatic carbocycles. The topological polar surface area (TPSA) is 378 Å².